The van der Waals surface area contributed by atoms with E-state index in [-0.39, 0.29) is 35.4 Å². The molecule has 1 saturated carbocycles. The molecule has 8 heteroatoms. The number of hydrogen-bond acceptors (Lipinski definition) is 6. The molecule has 25 heavy (non-hydrogen) atoms. The van der Waals surface area contributed by atoms with Crippen LogP contribution in [0.15, 0.2) is 17.7 Å². The van der Waals surface area contributed by atoms with Gasteiger partial charge < -0.3 is 14.8 Å². The van der Waals surface area contributed by atoms with Crippen LogP contribution in [0.1, 0.15) is 37.7 Å². The fourth-order valence-electron chi connectivity index (χ4n) is 3.03. The van der Waals surface area contributed by atoms with Gasteiger partial charge in [0.2, 0.25) is 6.79 Å². The lowest BCUT2D eigenvalue weighted by Crippen LogP contribution is -2.36. The number of ether oxygens (including phenoxy) is 2. The number of benzene rings is 1. The van der Waals surface area contributed by atoms with Crippen LogP contribution in [0, 0.1) is 21.4 Å². The fourth-order valence-corrected chi connectivity index (χ4v) is 3.03. The first kappa shape index (κ1) is 16.8. The third kappa shape index (κ3) is 3.71. The highest BCUT2D eigenvalue weighted by Gasteiger charge is 2.24. The molecular formula is C17H17N3O5. The molecule has 2 aliphatic rings. The SMILES string of the molecule is N#C/C(=C\c1cc2c(cc1[N+](=O)[O-])OCO2)C(=O)NC1CCCCC1. The third-order valence-electron chi connectivity index (χ3n) is 4.32. The second-order valence-corrected chi connectivity index (χ2v) is 6.00. The summed E-state index contributed by atoms with van der Waals surface area (Å²) in [5, 5.41) is 23.4. The van der Waals surface area contributed by atoms with Crippen molar-refractivity contribution in [3.05, 3.63) is 33.4 Å². The third-order valence-corrected chi connectivity index (χ3v) is 4.32. The molecule has 3 rings (SSSR count). The maximum Gasteiger partial charge on any atom is 0.280 e. The summed E-state index contributed by atoms with van der Waals surface area (Å²) >= 11 is 0. The largest absolute Gasteiger partial charge is 0.454 e. The van der Waals surface area contributed by atoms with E-state index in [2.05, 4.69) is 5.32 Å². The number of nitrogens with zero attached hydrogens (tertiary/aromatic N) is 2. The van der Waals surface area contributed by atoms with Gasteiger partial charge in [0, 0.05) is 6.04 Å². The molecule has 1 amide bonds. The van der Waals surface area contributed by atoms with E-state index in [0.717, 1.165) is 32.1 Å². The van der Waals surface area contributed by atoms with E-state index < -0.39 is 10.8 Å². The van der Waals surface area contributed by atoms with Crippen LogP contribution in [0.2, 0.25) is 0 Å². The van der Waals surface area contributed by atoms with Gasteiger partial charge in [-0.3, -0.25) is 14.9 Å². The standard InChI is InChI=1S/C17H17N3O5/c18-9-12(17(21)19-13-4-2-1-3-5-13)6-11-7-15-16(25-10-24-15)8-14(11)20(22)23/h6-8,13H,1-5,10H2,(H,19,21)/b12-6+. The van der Waals surface area contributed by atoms with Crippen molar-refractivity contribution in [1.82, 2.24) is 5.32 Å². The van der Waals surface area contributed by atoms with E-state index in [0.29, 0.717) is 5.75 Å². The summed E-state index contributed by atoms with van der Waals surface area (Å²) in [6.07, 6.45) is 6.23. The number of carbonyl (C=O) groups excluding carboxylic acids is 1. The Labute approximate surface area is 144 Å². The normalized spacial score (nSPS) is 17.0. The lowest BCUT2D eigenvalue weighted by Gasteiger charge is -2.22. The quantitative estimate of drug-likeness (QED) is 0.389. The van der Waals surface area contributed by atoms with E-state index in [9.17, 15) is 20.2 Å². The van der Waals surface area contributed by atoms with Crippen molar-refractivity contribution in [2.45, 2.75) is 38.1 Å². The minimum absolute atomic E-state index is 0.0209. The van der Waals surface area contributed by atoms with Gasteiger partial charge in [-0.1, -0.05) is 19.3 Å². The molecule has 130 valence electrons. The molecule has 0 radical (unpaired) electrons. The van der Waals surface area contributed by atoms with E-state index in [4.69, 9.17) is 9.47 Å². The maximum absolute atomic E-state index is 12.3. The summed E-state index contributed by atoms with van der Waals surface area (Å²) in [7, 11) is 0. The Kier molecular flexibility index (Phi) is 4.84. The van der Waals surface area contributed by atoms with Crippen molar-refractivity contribution in [2.75, 3.05) is 6.79 Å². The van der Waals surface area contributed by atoms with Crippen LogP contribution in [0.4, 0.5) is 5.69 Å². The first-order chi connectivity index (χ1) is 12.1. The number of nitro benzene ring substituents is 1. The molecule has 1 aromatic carbocycles. The average Bonchev–Trinajstić information content (AvgIpc) is 3.06. The highest BCUT2D eigenvalue weighted by molar-refractivity contribution is 6.02. The number of carbonyl (C=O) groups is 1. The van der Waals surface area contributed by atoms with Gasteiger partial charge in [-0.15, -0.1) is 0 Å². The van der Waals surface area contributed by atoms with Crippen LogP contribution in [0.5, 0.6) is 11.5 Å². The molecule has 1 aromatic rings. The molecule has 0 aromatic heterocycles. The highest BCUT2D eigenvalue weighted by atomic mass is 16.7. The number of amides is 1. The van der Waals surface area contributed by atoms with E-state index in [1.807, 2.05) is 6.07 Å². The molecular weight excluding hydrogens is 326 g/mol. The number of rotatable bonds is 4. The molecule has 1 N–H and O–H groups in total. The molecule has 0 spiro atoms. The topological polar surface area (TPSA) is 114 Å². The van der Waals surface area contributed by atoms with E-state index >= 15 is 0 Å². The molecule has 0 saturated heterocycles. The number of nitrogens with one attached hydrogen (secondary N) is 1. The molecule has 1 aliphatic carbocycles. The van der Waals surface area contributed by atoms with Gasteiger partial charge in [-0.05, 0) is 25.0 Å². The Balaban J connectivity index is 1.87. The average molecular weight is 343 g/mol. The number of nitro groups is 1. The van der Waals surface area contributed by atoms with Gasteiger partial charge >= 0.3 is 0 Å². The Morgan fingerprint density at radius 3 is 2.60 bits per heavy atom. The Morgan fingerprint density at radius 1 is 1.28 bits per heavy atom. The smallest absolute Gasteiger partial charge is 0.280 e. The zero-order valence-electron chi connectivity index (χ0n) is 13.5. The van der Waals surface area contributed by atoms with Crippen molar-refractivity contribution < 1.29 is 19.2 Å². The Hall–Kier alpha value is -3.08. The fraction of sp³-hybridized carbons (Fsp3) is 0.412. The Bertz CT molecular complexity index is 775. The van der Waals surface area contributed by atoms with Gasteiger partial charge in [-0.2, -0.15) is 5.26 Å². The maximum atomic E-state index is 12.3. The molecule has 1 heterocycles. The summed E-state index contributed by atoms with van der Waals surface area (Å²) in [5.41, 5.74) is -0.292. The van der Waals surface area contributed by atoms with Crippen LogP contribution < -0.4 is 14.8 Å². The zero-order chi connectivity index (χ0) is 17.8. The van der Waals surface area contributed by atoms with Crippen molar-refractivity contribution in [2.24, 2.45) is 0 Å². The van der Waals surface area contributed by atoms with Crippen LogP contribution in [-0.2, 0) is 4.79 Å². The summed E-state index contributed by atoms with van der Waals surface area (Å²) in [5.74, 6) is 0.109. The van der Waals surface area contributed by atoms with Crippen molar-refractivity contribution in [1.29, 1.82) is 5.26 Å². The molecule has 1 aliphatic heterocycles. The summed E-state index contributed by atoms with van der Waals surface area (Å²) < 4.78 is 10.3. The van der Waals surface area contributed by atoms with Gasteiger partial charge in [0.05, 0.1) is 16.6 Å². The van der Waals surface area contributed by atoms with Crippen molar-refractivity contribution in [3.8, 4) is 17.6 Å². The highest BCUT2D eigenvalue weighted by Crippen LogP contribution is 2.38. The monoisotopic (exact) mass is 343 g/mol. The summed E-state index contributed by atoms with van der Waals surface area (Å²) in [6, 6.07) is 4.52. The zero-order valence-corrected chi connectivity index (χ0v) is 13.5. The predicted molar refractivity (Wildman–Crippen MR) is 87.8 cm³/mol. The van der Waals surface area contributed by atoms with Crippen LogP contribution >= 0.6 is 0 Å². The lowest BCUT2D eigenvalue weighted by atomic mass is 9.95. The Morgan fingerprint density at radius 2 is 1.96 bits per heavy atom. The summed E-state index contributed by atoms with van der Waals surface area (Å²) in [4.78, 5) is 23.0. The molecule has 8 nitrogen and oxygen atoms in total. The van der Waals surface area contributed by atoms with Crippen molar-refractivity contribution in [3.63, 3.8) is 0 Å². The number of fused-ring (bicyclic) bond motifs is 1. The van der Waals surface area contributed by atoms with Gasteiger partial charge in [0.25, 0.3) is 11.6 Å². The van der Waals surface area contributed by atoms with Crippen LogP contribution in [-0.4, -0.2) is 23.7 Å². The number of hydrogen-bond donors (Lipinski definition) is 1. The first-order valence-corrected chi connectivity index (χ1v) is 8.09. The first-order valence-electron chi connectivity index (χ1n) is 8.09. The van der Waals surface area contributed by atoms with Gasteiger partial charge in [0.1, 0.15) is 11.6 Å². The van der Waals surface area contributed by atoms with E-state index in [1.54, 1.807) is 0 Å². The van der Waals surface area contributed by atoms with E-state index in [1.165, 1.54) is 18.2 Å². The minimum atomic E-state index is -0.582. The molecule has 0 unspecified atom stereocenters. The lowest BCUT2D eigenvalue weighted by molar-refractivity contribution is -0.385. The molecule has 1 fully saturated rings. The summed E-state index contributed by atoms with van der Waals surface area (Å²) in [6.45, 7) is -0.0209. The second-order valence-electron chi connectivity index (χ2n) is 6.00. The molecule has 0 atom stereocenters. The second kappa shape index (κ2) is 7.21. The van der Waals surface area contributed by atoms with Crippen LogP contribution in [0.25, 0.3) is 6.08 Å². The van der Waals surface area contributed by atoms with Crippen LogP contribution in [0.3, 0.4) is 0 Å². The van der Waals surface area contributed by atoms with Gasteiger partial charge in [0.15, 0.2) is 11.5 Å². The van der Waals surface area contributed by atoms with Crippen molar-refractivity contribution >= 4 is 17.7 Å². The number of nitriles is 1. The predicted octanol–water partition coefficient (Wildman–Crippen LogP) is 2.68. The van der Waals surface area contributed by atoms with Gasteiger partial charge in [-0.25, -0.2) is 0 Å². The molecule has 0 bridgehead atoms. The minimum Gasteiger partial charge on any atom is -0.454 e.